The molecule has 6 aromatic rings. The molecule has 10 rings (SSSR count). The van der Waals surface area contributed by atoms with Crippen LogP contribution in [0, 0.1) is 21.4 Å². The fourth-order valence-electron chi connectivity index (χ4n) is 12.2. The number of piperazine rings is 1. The fraction of sp³-hybridized carbons (Fsp3) is 0.448. The van der Waals surface area contributed by atoms with E-state index in [1.807, 2.05) is 6.07 Å². The molecule has 0 unspecified atom stereocenters. The first-order valence-corrected chi connectivity index (χ1v) is 28.2. The number of methoxy groups -OCH3 is 1. The Balaban J connectivity index is 0.830. The van der Waals surface area contributed by atoms with Crippen molar-refractivity contribution in [2.45, 2.75) is 114 Å². The molecule has 4 heterocycles. The molecule has 408 valence electrons. The zero-order chi connectivity index (χ0) is 54.2. The number of aliphatic hydroxyl groups is 1. The van der Waals surface area contributed by atoms with Gasteiger partial charge in [-0.25, -0.2) is 26.9 Å². The smallest absolute Gasteiger partial charge is 0.293 e. The second-order valence-electron chi connectivity index (χ2n) is 22.3. The number of rotatable bonds is 17. The van der Waals surface area contributed by atoms with E-state index in [9.17, 15) is 37.2 Å². The average molecular weight is 1080 g/mol. The molecule has 1 spiro atoms. The highest BCUT2D eigenvalue weighted by Gasteiger charge is 2.50. The van der Waals surface area contributed by atoms with Gasteiger partial charge in [0.2, 0.25) is 0 Å². The van der Waals surface area contributed by atoms with Crippen molar-refractivity contribution in [2.75, 3.05) is 56.6 Å². The highest BCUT2D eigenvalue weighted by atomic mass is 32.2. The highest BCUT2D eigenvalue weighted by molar-refractivity contribution is 7.90. The maximum Gasteiger partial charge on any atom is 0.293 e. The van der Waals surface area contributed by atoms with Crippen molar-refractivity contribution in [3.63, 3.8) is 0 Å². The van der Waals surface area contributed by atoms with Crippen LogP contribution in [0.2, 0.25) is 0 Å². The summed E-state index contributed by atoms with van der Waals surface area (Å²) in [7, 11) is -3.18. The van der Waals surface area contributed by atoms with Crippen molar-refractivity contribution in [3.8, 4) is 17.2 Å². The molecular weight excluding hydrogens is 1010 g/mol. The molecule has 2 aliphatic heterocycles. The van der Waals surface area contributed by atoms with Gasteiger partial charge in [0.05, 0.1) is 39.9 Å². The number of halogens is 2. The van der Waals surface area contributed by atoms with Gasteiger partial charge in [-0.05, 0) is 141 Å². The molecular formula is C58H68F2N8O8S. The molecule has 0 radical (unpaired) electrons. The number of alkyl halides is 2. The van der Waals surface area contributed by atoms with Crippen LogP contribution in [0.1, 0.15) is 123 Å². The van der Waals surface area contributed by atoms with Crippen LogP contribution in [0.15, 0.2) is 108 Å². The van der Waals surface area contributed by atoms with E-state index in [1.54, 1.807) is 49.5 Å². The van der Waals surface area contributed by atoms with Crippen LogP contribution < -0.4 is 24.4 Å². The summed E-state index contributed by atoms with van der Waals surface area (Å²) >= 11 is 0. The van der Waals surface area contributed by atoms with Gasteiger partial charge >= 0.3 is 0 Å². The van der Waals surface area contributed by atoms with Gasteiger partial charge in [-0.3, -0.25) is 24.7 Å². The third-order valence-electron chi connectivity index (χ3n) is 16.7. The number of anilines is 2. The number of pyridine rings is 1. The number of hydrogen-bond acceptors (Lipinski definition) is 13. The largest absolute Gasteiger partial charge is 0.496 e. The predicted octanol–water partition coefficient (Wildman–Crippen LogP) is 11.1. The van der Waals surface area contributed by atoms with Crippen molar-refractivity contribution in [1.82, 2.24) is 24.5 Å². The third-order valence-corrected chi connectivity index (χ3v) is 18.0. The van der Waals surface area contributed by atoms with Gasteiger partial charge in [-0.15, -0.1) is 0 Å². The zero-order valence-corrected chi connectivity index (χ0v) is 44.8. The topological polar surface area (TPSA) is 195 Å². The van der Waals surface area contributed by atoms with Crippen molar-refractivity contribution < 1.29 is 41.5 Å². The van der Waals surface area contributed by atoms with Crippen molar-refractivity contribution >= 4 is 44.0 Å². The molecule has 16 nitrogen and oxygen atoms in total. The van der Waals surface area contributed by atoms with Gasteiger partial charge in [-0.1, -0.05) is 44.2 Å². The number of fused-ring (bicyclic) bond motifs is 1. The molecule has 2 saturated carbocycles. The zero-order valence-electron chi connectivity index (χ0n) is 44.0. The van der Waals surface area contributed by atoms with E-state index in [0.29, 0.717) is 49.3 Å². The Hall–Kier alpha value is -6.67. The molecule has 19 heteroatoms. The lowest BCUT2D eigenvalue weighted by Gasteiger charge is -2.58. The number of nitrogens with zero attached hydrogens (tertiary/aromatic N) is 5. The number of aromatic nitrogens is 2. The van der Waals surface area contributed by atoms with Crippen molar-refractivity contribution in [1.29, 1.82) is 0 Å². The Morgan fingerprint density at radius 2 is 1.70 bits per heavy atom. The van der Waals surface area contributed by atoms with Crippen LogP contribution in [0.25, 0.3) is 11.0 Å². The van der Waals surface area contributed by atoms with Crippen LogP contribution in [0.3, 0.4) is 0 Å². The lowest BCUT2D eigenvalue weighted by Crippen LogP contribution is -2.60. The van der Waals surface area contributed by atoms with Crippen LogP contribution in [-0.2, 0) is 16.6 Å². The number of sulfonamides is 1. The molecule has 4 aromatic carbocycles. The number of carbonyl (C=O) groups is 1. The van der Waals surface area contributed by atoms with Crippen LogP contribution in [-0.4, -0.2) is 102 Å². The summed E-state index contributed by atoms with van der Waals surface area (Å²) < 4.78 is 69.0. The Bertz CT molecular complexity index is 3240. The molecule has 2 saturated heterocycles. The monoisotopic (exact) mass is 1070 g/mol. The van der Waals surface area contributed by atoms with Gasteiger partial charge in [-0.2, -0.15) is 0 Å². The molecule has 2 aliphatic carbocycles. The number of amides is 1. The van der Waals surface area contributed by atoms with E-state index in [-0.39, 0.29) is 45.7 Å². The summed E-state index contributed by atoms with van der Waals surface area (Å²) in [6.45, 7) is 11.4. The number of carbonyl (C=O) groups excluding carboxylic acids is 1. The van der Waals surface area contributed by atoms with Gasteiger partial charge in [0.15, 0.2) is 0 Å². The second kappa shape index (κ2) is 22.0. The lowest BCUT2D eigenvalue weighted by molar-refractivity contribution is -0.384. The minimum Gasteiger partial charge on any atom is -0.496 e. The molecule has 4 fully saturated rings. The summed E-state index contributed by atoms with van der Waals surface area (Å²) in [6.07, 6.45) is 7.46. The summed E-state index contributed by atoms with van der Waals surface area (Å²) in [5.41, 5.74) is 4.04. The molecule has 77 heavy (non-hydrogen) atoms. The Morgan fingerprint density at radius 3 is 2.43 bits per heavy atom. The number of H-pyrrole nitrogens is 1. The summed E-state index contributed by atoms with van der Waals surface area (Å²) in [5.74, 6) is 0.205. The Kier molecular flexibility index (Phi) is 15.3. The number of aromatic amines is 1. The van der Waals surface area contributed by atoms with Crippen molar-refractivity contribution in [3.05, 3.63) is 141 Å². The molecule has 0 bridgehead atoms. The van der Waals surface area contributed by atoms with E-state index in [4.69, 9.17) is 9.47 Å². The van der Waals surface area contributed by atoms with Crippen molar-refractivity contribution in [2.24, 2.45) is 11.3 Å². The van der Waals surface area contributed by atoms with Gasteiger partial charge in [0.1, 0.15) is 28.6 Å². The predicted molar refractivity (Wildman–Crippen MR) is 292 cm³/mol. The summed E-state index contributed by atoms with van der Waals surface area (Å²) in [6, 6.07) is 26.5. The molecule has 1 atom stereocenters. The molecule has 2 aromatic heterocycles. The Morgan fingerprint density at radius 1 is 0.935 bits per heavy atom. The van der Waals surface area contributed by atoms with Crippen LogP contribution in [0.4, 0.5) is 25.8 Å². The Labute approximate surface area is 448 Å². The minimum absolute atomic E-state index is 0.0564. The number of hydrogen-bond donors (Lipinski definition) is 4. The maximum atomic E-state index is 14.1. The number of nitro groups is 1. The van der Waals surface area contributed by atoms with Crippen LogP contribution >= 0.6 is 0 Å². The SMILES string of the molecule is COc1cc(CN2CCN(C3CC4(CCN(c5ccc(C(=O)NS(=O)(=O)c6ccc(NCC7CCC(C)(O)CC7)c([N+](=O)[O-])c6)c(Oc6cnc7[nH]ccc7c6)c5)CC4)C3)[C@H](c3ccccc3C(C)C)C2)ccc1C(F)F. The number of benzene rings is 4. The summed E-state index contributed by atoms with van der Waals surface area (Å²) in [4.78, 5) is 40.2. The van der Waals surface area contributed by atoms with E-state index in [0.717, 1.165) is 94.0 Å². The number of nitro benzene ring substituents is 1. The first-order chi connectivity index (χ1) is 36.9. The molecule has 4 aliphatic rings. The van der Waals surface area contributed by atoms with E-state index < -0.39 is 43.5 Å². The normalized spacial score (nSPS) is 21.3. The number of nitrogens with one attached hydrogen (secondary N) is 3. The first kappa shape index (κ1) is 53.7. The standard InChI is InChI=1S/C58H68F2N8O8S/c1-37(2)45-7-5-6-8-46(45)51-36-65(35-39-9-12-47(54(59)60)52(27-39)75-4)25-26-67(51)42-31-58(32-42)20-23-66(24-21-58)41-10-13-48(53(29-41)76-43-28-40-17-22-61-55(40)63-34-43)56(69)64-77(73,74)44-11-14-49(50(30-44)68(71)72)62-33-38-15-18-57(3,70)19-16-38/h5-14,17,22,27-30,34,37-38,42,51,54,62,70H,15-16,18-21,23-26,31-33,35-36H2,1-4H3,(H,61,63)(H,64,69)/t38?,51-,57?/m0/s1. The molecule has 1 amide bonds. The maximum absolute atomic E-state index is 14.1. The number of piperidine rings is 1. The highest BCUT2D eigenvalue weighted by Crippen LogP contribution is 2.53. The third kappa shape index (κ3) is 11.8. The average Bonchev–Trinajstić information content (AvgIpc) is 3.88. The minimum atomic E-state index is -4.61. The van der Waals surface area contributed by atoms with E-state index >= 15 is 0 Å². The van der Waals surface area contributed by atoms with Gasteiger partial charge < -0.3 is 29.8 Å². The summed E-state index contributed by atoms with van der Waals surface area (Å²) in [5, 5.41) is 26.5. The van der Waals surface area contributed by atoms with E-state index in [2.05, 4.69) is 72.8 Å². The second-order valence-corrected chi connectivity index (χ2v) is 23.9. The molecule has 4 N–H and O–H groups in total. The van der Waals surface area contributed by atoms with Gasteiger partial charge in [0.25, 0.3) is 28.0 Å². The van der Waals surface area contributed by atoms with Crippen LogP contribution in [0.5, 0.6) is 17.2 Å². The quantitative estimate of drug-likeness (QED) is 0.0498. The van der Waals surface area contributed by atoms with Gasteiger partial charge in [0, 0.05) is 87.3 Å². The lowest BCUT2D eigenvalue weighted by atomic mass is 9.59. The fourth-order valence-corrected chi connectivity index (χ4v) is 13.2. The van der Waals surface area contributed by atoms with E-state index in [1.165, 1.54) is 42.6 Å². The first-order valence-electron chi connectivity index (χ1n) is 26.7. The number of ether oxygens (including phenoxy) is 2.